The van der Waals surface area contributed by atoms with Crippen LogP contribution in [0.3, 0.4) is 0 Å². The average Bonchev–Trinajstić information content (AvgIpc) is 3.34. The van der Waals surface area contributed by atoms with Gasteiger partial charge in [-0.15, -0.1) is 11.3 Å². The molecule has 2 amide bonds. The molecule has 2 unspecified atom stereocenters. The number of thiophene rings is 1. The van der Waals surface area contributed by atoms with Crippen molar-refractivity contribution >= 4 is 23.2 Å². The standard InChI is InChI=1S/C22H27N3O3S/c1-23(2)13-22-14-24(20(27)10-16-5-3-6-18(26)9-16)11-17(22)12-25(15-22)21(28)19-7-4-8-29-19/h3-9,17,26H,10-15H2,1-2H3. The molecule has 2 saturated heterocycles. The number of nitrogens with zero attached hydrogens (tertiary/aromatic N) is 3. The predicted octanol–water partition coefficient (Wildman–Crippen LogP) is 2.16. The molecule has 29 heavy (non-hydrogen) atoms. The van der Waals surface area contributed by atoms with Crippen LogP contribution in [0.2, 0.25) is 0 Å². The van der Waals surface area contributed by atoms with E-state index in [1.165, 1.54) is 11.3 Å². The molecule has 0 aliphatic carbocycles. The molecule has 6 nitrogen and oxygen atoms in total. The first-order chi connectivity index (χ1) is 13.9. The normalized spacial score (nSPS) is 23.6. The molecule has 1 aromatic carbocycles. The van der Waals surface area contributed by atoms with E-state index in [0.717, 1.165) is 17.0 Å². The second-order valence-electron chi connectivity index (χ2n) is 8.58. The number of rotatable bonds is 5. The minimum atomic E-state index is -0.0924. The van der Waals surface area contributed by atoms with E-state index in [1.807, 2.05) is 47.5 Å². The fourth-order valence-corrected chi connectivity index (χ4v) is 5.58. The second-order valence-corrected chi connectivity index (χ2v) is 9.53. The molecule has 3 heterocycles. The number of hydrogen-bond acceptors (Lipinski definition) is 5. The molecule has 2 fully saturated rings. The van der Waals surface area contributed by atoms with Crippen LogP contribution < -0.4 is 0 Å². The van der Waals surface area contributed by atoms with Crippen molar-refractivity contribution in [3.8, 4) is 5.75 Å². The highest BCUT2D eigenvalue weighted by molar-refractivity contribution is 7.12. The fourth-order valence-electron chi connectivity index (χ4n) is 4.89. The van der Waals surface area contributed by atoms with Crippen LogP contribution in [-0.4, -0.2) is 78.4 Å². The number of fused-ring (bicyclic) bond motifs is 1. The lowest BCUT2D eigenvalue weighted by Crippen LogP contribution is -2.44. The maximum Gasteiger partial charge on any atom is 0.263 e. The van der Waals surface area contributed by atoms with Crippen LogP contribution in [0.4, 0.5) is 0 Å². The van der Waals surface area contributed by atoms with Crippen molar-refractivity contribution in [1.29, 1.82) is 0 Å². The van der Waals surface area contributed by atoms with Gasteiger partial charge in [0.25, 0.3) is 5.91 Å². The lowest BCUT2D eigenvalue weighted by atomic mass is 9.80. The van der Waals surface area contributed by atoms with Gasteiger partial charge in [0, 0.05) is 44.1 Å². The zero-order chi connectivity index (χ0) is 20.6. The van der Waals surface area contributed by atoms with Gasteiger partial charge in [0.05, 0.1) is 11.3 Å². The zero-order valence-electron chi connectivity index (χ0n) is 16.9. The van der Waals surface area contributed by atoms with E-state index in [-0.39, 0.29) is 35.3 Å². The Labute approximate surface area is 175 Å². The maximum atomic E-state index is 12.9. The van der Waals surface area contributed by atoms with Gasteiger partial charge in [-0.1, -0.05) is 18.2 Å². The molecule has 1 N–H and O–H groups in total. The summed E-state index contributed by atoms with van der Waals surface area (Å²) < 4.78 is 0. The molecule has 0 saturated carbocycles. The first-order valence-corrected chi connectivity index (χ1v) is 10.8. The lowest BCUT2D eigenvalue weighted by Gasteiger charge is -2.32. The molecule has 4 rings (SSSR count). The van der Waals surface area contributed by atoms with Gasteiger partial charge in [-0.25, -0.2) is 0 Å². The van der Waals surface area contributed by atoms with Crippen molar-refractivity contribution in [2.24, 2.45) is 11.3 Å². The molecule has 154 valence electrons. The van der Waals surface area contributed by atoms with Crippen molar-refractivity contribution in [2.75, 3.05) is 46.8 Å². The molecule has 0 bridgehead atoms. The minimum absolute atomic E-state index is 0.0827. The topological polar surface area (TPSA) is 64.1 Å². The second kappa shape index (κ2) is 7.80. The van der Waals surface area contributed by atoms with Crippen LogP contribution in [0.5, 0.6) is 5.75 Å². The van der Waals surface area contributed by atoms with Gasteiger partial charge < -0.3 is 19.8 Å². The summed E-state index contributed by atoms with van der Waals surface area (Å²) >= 11 is 1.48. The summed E-state index contributed by atoms with van der Waals surface area (Å²) in [6.07, 6.45) is 0.289. The molecule has 0 spiro atoms. The lowest BCUT2D eigenvalue weighted by molar-refractivity contribution is -0.130. The minimum Gasteiger partial charge on any atom is -0.508 e. The van der Waals surface area contributed by atoms with Crippen molar-refractivity contribution in [2.45, 2.75) is 6.42 Å². The molecule has 2 atom stereocenters. The third-order valence-corrected chi connectivity index (χ3v) is 6.89. The fraction of sp³-hybridized carbons (Fsp3) is 0.455. The van der Waals surface area contributed by atoms with Gasteiger partial charge in [0.15, 0.2) is 0 Å². The molecule has 2 aliphatic rings. The van der Waals surface area contributed by atoms with Crippen LogP contribution in [0, 0.1) is 11.3 Å². The Morgan fingerprint density at radius 3 is 2.62 bits per heavy atom. The highest BCUT2D eigenvalue weighted by atomic mass is 32.1. The molecular weight excluding hydrogens is 386 g/mol. The van der Waals surface area contributed by atoms with Gasteiger partial charge in [0.1, 0.15) is 5.75 Å². The van der Waals surface area contributed by atoms with Crippen LogP contribution in [0.15, 0.2) is 41.8 Å². The Morgan fingerprint density at radius 1 is 1.17 bits per heavy atom. The van der Waals surface area contributed by atoms with Gasteiger partial charge in [0.2, 0.25) is 5.91 Å². The third-order valence-electron chi connectivity index (χ3n) is 6.03. The molecule has 2 aliphatic heterocycles. The Balaban J connectivity index is 1.48. The molecular formula is C22H27N3O3S. The van der Waals surface area contributed by atoms with E-state index in [2.05, 4.69) is 4.90 Å². The number of carbonyl (C=O) groups excluding carboxylic acids is 2. The smallest absolute Gasteiger partial charge is 0.263 e. The number of hydrogen-bond donors (Lipinski definition) is 1. The first-order valence-electron chi connectivity index (χ1n) is 9.89. The Kier molecular flexibility index (Phi) is 5.36. The van der Waals surface area contributed by atoms with Crippen LogP contribution in [0.25, 0.3) is 0 Å². The Bertz CT molecular complexity index is 898. The summed E-state index contributed by atoms with van der Waals surface area (Å²) in [5, 5.41) is 11.6. The number of phenolic OH excluding ortho intramolecular Hbond substituents is 1. The molecule has 2 aromatic rings. The predicted molar refractivity (Wildman–Crippen MR) is 113 cm³/mol. The molecule has 0 radical (unpaired) electrons. The summed E-state index contributed by atoms with van der Waals surface area (Å²) in [6.45, 7) is 3.58. The molecule has 7 heteroatoms. The SMILES string of the molecule is CN(C)CC12CN(C(=O)Cc3cccc(O)c3)CC1CN(C(=O)c1cccs1)C2. The summed E-state index contributed by atoms with van der Waals surface area (Å²) in [4.78, 5) is 32.7. The van der Waals surface area contributed by atoms with E-state index in [9.17, 15) is 14.7 Å². The van der Waals surface area contributed by atoms with E-state index in [1.54, 1.807) is 18.2 Å². The quantitative estimate of drug-likeness (QED) is 0.816. The van der Waals surface area contributed by atoms with Crippen LogP contribution in [0.1, 0.15) is 15.2 Å². The van der Waals surface area contributed by atoms with Crippen LogP contribution >= 0.6 is 11.3 Å². The van der Waals surface area contributed by atoms with Gasteiger partial charge in [-0.2, -0.15) is 0 Å². The Hall–Kier alpha value is -2.38. The molecule has 1 aromatic heterocycles. The van der Waals surface area contributed by atoms with E-state index in [0.29, 0.717) is 26.2 Å². The zero-order valence-corrected chi connectivity index (χ0v) is 17.7. The van der Waals surface area contributed by atoms with Crippen molar-refractivity contribution in [3.63, 3.8) is 0 Å². The maximum absolute atomic E-state index is 12.9. The number of aromatic hydroxyl groups is 1. The third kappa shape index (κ3) is 4.02. The average molecular weight is 414 g/mol. The summed E-state index contributed by atoms with van der Waals surface area (Å²) in [7, 11) is 4.10. The van der Waals surface area contributed by atoms with Gasteiger partial charge in [-0.3, -0.25) is 9.59 Å². The largest absolute Gasteiger partial charge is 0.508 e. The van der Waals surface area contributed by atoms with Gasteiger partial charge >= 0.3 is 0 Å². The van der Waals surface area contributed by atoms with E-state index < -0.39 is 0 Å². The van der Waals surface area contributed by atoms with Crippen LogP contribution in [-0.2, 0) is 11.2 Å². The van der Waals surface area contributed by atoms with Crippen molar-refractivity contribution < 1.29 is 14.7 Å². The first kappa shape index (κ1) is 19.9. The Morgan fingerprint density at radius 2 is 1.93 bits per heavy atom. The van der Waals surface area contributed by atoms with Gasteiger partial charge in [-0.05, 0) is 43.2 Å². The highest BCUT2D eigenvalue weighted by Gasteiger charge is 2.54. The van der Waals surface area contributed by atoms with E-state index in [4.69, 9.17) is 0 Å². The summed E-state index contributed by atoms with van der Waals surface area (Å²) in [6, 6.07) is 10.7. The number of carbonyl (C=O) groups is 2. The number of phenols is 1. The number of amides is 2. The van der Waals surface area contributed by atoms with E-state index >= 15 is 0 Å². The number of likely N-dealkylation sites (tertiary alicyclic amines) is 2. The van der Waals surface area contributed by atoms with Crippen molar-refractivity contribution in [3.05, 3.63) is 52.2 Å². The summed E-state index contributed by atoms with van der Waals surface area (Å²) in [5.74, 6) is 0.645. The monoisotopic (exact) mass is 413 g/mol. The number of benzene rings is 1. The highest BCUT2D eigenvalue weighted by Crippen LogP contribution is 2.43. The summed E-state index contributed by atoms with van der Waals surface area (Å²) in [5.41, 5.74) is 0.730. The van der Waals surface area contributed by atoms with Crippen molar-refractivity contribution in [1.82, 2.24) is 14.7 Å².